The minimum atomic E-state index is -0.674. The third-order valence-corrected chi connectivity index (χ3v) is 13.4. The minimum Gasteiger partial charge on any atom is -0.466 e. The largest absolute Gasteiger partial charge is 0.466 e. The van der Waals surface area contributed by atoms with Crippen LogP contribution in [0.1, 0.15) is 322 Å². The fourth-order valence-electron chi connectivity index (χ4n) is 9.05. The van der Waals surface area contributed by atoms with Gasteiger partial charge in [-0.2, -0.15) is 0 Å². The summed E-state index contributed by atoms with van der Waals surface area (Å²) in [7, 11) is 0. The average molecular weight is 879 g/mol. The van der Waals surface area contributed by atoms with Gasteiger partial charge in [-0.3, -0.25) is 9.59 Å². The third kappa shape index (κ3) is 48.3. The molecule has 0 aliphatic rings. The molecule has 2 unspecified atom stereocenters. The number of aliphatic hydroxyl groups is 2. The first-order valence-corrected chi connectivity index (χ1v) is 28.3. The van der Waals surface area contributed by atoms with Crippen LogP contribution in [-0.2, 0) is 14.3 Å². The van der Waals surface area contributed by atoms with E-state index in [0.29, 0.717) is 25.9 Å². The van der Waals surface area contributed by atoms with Crippen molar-refractivity contribution in [3.63, 3.8) is 0 Å². The normalized spacial score (nSPS) is 12.5. The van der Waals surface area contributed by atoms with E-state index in [2.05, 4.69) is 19.2 Å². The predicted molar refractivity (Wildman–Crippen MR) is 269 cm³/mol. The van der Waals surface area contributed by atoms with Crippen molar-refractivity contribution >= 4 is 11.9 Å². The fraction of sp³-hybridized carbons (Fsp3) is 0.964. The van der Waals surface area contributed by atoms with Gasteiger partial charge in [-0.15, -0.1) is 0 Å². The van der Waals surface area contributed by atoms with Crippen molar-refractivity contribution in [3.05, 3.63) is 0 Å². The fourth-order valence-corrected chi connectivity index (χ4v) is 9.05. The van der Waals surface area contributed by atoms with Gasteiger partial charge in [0.2, 0.25) is 5.91 Å². The number of ether oxygens (including phenoxy) is 1. The predicted octanol–water partition coefficient (Wildman–Crippen LogP) is 17.1. The molecule has 1 amide bonds. The van der Waals surface area contributed by atoms with E-state index in [1.54, 1.807) is 0 Å². The third-order valence-electron chi connectivity index (χ3n) is 13.4. The second-order valence-electron chi connectivity index (χ2n) is 19.6. The topological polar surface area (TPSA) is 95.9 Å². The summed E-state index contributed by atoms with van der Waals surface area (Å²) in [5, 5.41) is 23.3. The van der Waals surface area contributed by atoms with E-state index < -0.39 is 12.1 Å². The summed E-state index contributed by atoms with van der Waals surface area (Å²) in [5.74, 6) is -0.0546. The molecule has 62 heavy (non-hydrogen) atoms. The molecule has 0 radical (unpaired) electrons. The summed E-state index contributed by atoms with van der Waals surface area (Å²) in [6.45, 7) is 4.94. The van der Waals surface area contributed by atoms with Gasteiger partial charge in [0.15, 0.2) is 0 Å². The zero-order chi connectivity index (χ0) is 45.1. The molecule has 2 atom stereocenters. The molecule has 0 fully saturated rings. The molecule has 3 N–H and O–H groups in total. The van der Waals surface area contributed by atoms with Crippen molar-refractivity contribution in [3.8, 4) is 0 Å². The van der Waals surface area contributed by atoms with Gasteiger partial charge in [-0.25, -0.2) is 0 Å². The molecule has 6 nitrogen and oxygen atoms in total. The number of carbonyl (C=O) groups excluding carboxylic acids is 2. The van der Waals surface area contributed by atoms with Crippen LogP contribution >= 0.6 is 0 Å². The second-order valence-corrected chi connectivity index (χ2v) is 19.6. The highest BCUT2D eigenvalue weighted by atomic mass is 16.5. The van der Waals surface area contributed by atoms with Gasteiger partial charge in [0.05, 0.1) is 25.4 Å². The van der Waals surface area contributed by atoms with Gasteiger partial charge in [-0.1, -0.05) is 284 Å². The van der Waals surface area contributed by atoms with E-state index in [4.69, 9.17) is 4.74 Å². The number of esters is 1. The lowest BCUT2D eigenvalue weighted by Gasteiger charge is -2.22. The van der Waals surface area contributed by atoms with Gasteiger partial charge >= 0.3 is 5.97 Å². The Morgan fingerprint density at radius 1 is 0.387 bits per heavy atom. The number of nitrogens with one attached hydrogen (secondary N) is 1. The van der Waals surface area contributed by atoms with Crippen LogP contribution in [0, 0.1) is 0 Å². The number of carbonyl (C=O) groups is 2. The molecule has 0 aliphatic heterocycles. The van der Waals surface area contributed by atoms with E-state index in [9.17, 15) is 19.8 Å². The Morgan fingerprint density at radius 3 is 0.984 bits per heavy atom. The molecule has 0 heterocycles. The number of unbranched alkanes of at least 4 members (excludes halogenated alkanes) is 42. The maximum Gasteiger partial charge on any atom is 0.305 e. The first-order chi connectivity index (χ1) is 30.5. The summed E-state index contributed by atoms with van der Waals surface area (Å²) >= 11 is 0. The lowest BCUT2D eigenvalue weighted by atomic mass is 10.0. The van der Waals surface area contributed by atoms with Gasteiger partial charge in [0.1, 0.15) is 0 Å². The van der Waals surface area contributed by atoms with Crippen LogP contribution in [0.5, 0.6) is 0 Å². The maximum atomic E-state index is 12.5. The van der Waals surface area contributed by atoms with Crippen LogP contribution in [0.2, 0.25) is 0 Å². The van der Waals surface area contributed by atoms with Crippen molar-refractivity contribution in [2.24, 2.45) is 0 Å². The standard InChI is InChI=1S/C56H111NO5/c1-3-5-7-9-11-13-15-16-17-18-19-20-21-22-23-24-25-29-32-36-40-44-48-54(59)53(52-58)57-55(60)49-45-41-37-33-30-26-27-31-35-39-43-47-51-62-56(61)50-46-42-38-34-28-14-12-10-8-6-4-2/h53-54,58-59H,3-52H2,1-2H3,(H,57,60). The highest BCUT2D eigenvalue weighted by Gasteiger charge is 2.20. The highest BCUT2D eigenvalue weighted by Crippen LogP contribution is 2.18. The van der Waals surface area contributed by atoms with E-state index in [1.165, 1.54) is 231 Å². The SMILES string of the molecule is CCCCCCCCCCCCCCCCCCCCCCCCC(O)C(CO)NC(=O)CCCCCCCCCCCCCCOC(=O)CCCCCCCCCCCCC. The quantitative estimate of drug-likeness (QED) is 0.0418. The van der Waals surface area contributed by atoms with Gasteiger partial charge in [0, 0.05) is 12.8 Å². The zero-order valence-electron chi connectivity index (χ0n) is 42.1. The van der Waals surface area contributed by atoms with Crippen LogP contribution in [0.25, 0.3) is 0 Å². The molecule has 0 bridgehead atoms. The summed E-state index contributed by atoms with van der Waals surface area (Å²) in [6.07, 6.45) is 59.4. The Hall–Kier alpha value is -1.14. The molecular weight excluding hydrogens is 767 g/mol. The lowest BCUT2D eigenvalue weighted by molar-refractivity contribution is -0.143. The van der Waals surface area contributed by atoms with Gasteiger partial charge in [-0.05, 0) is 25.7 Å². The molecule has 0 spiro atoms. The number of amides is 1. The van der Waals surface area contributed by atoms with Crippen LogP contribution < -0.4 is 5.32 Å². The Labute approximate surface area is 387 Å². The van der Waals surface area contributed by atoms with Crippen molar-refractivity contribution in [2.75, 3.05) is 13.2 Å². The molecule has 0 saturated heterocycles. The summed E-state index contributed by atoms with van der Waals surface area (Å²) < 4.78 is 5.45. The molecular formula is C56H111NO5. The molecule has 0 rings (SSSR count). The van der Waals surface area contributed by atoms with Gasteiger partial charge in [0.25, 0.3) is 0 Å². The lowest BCUT2D eigenvalue weighted by Crippen LogP contribution is -2.45. The number of hydrogen-bond acceptors (Lipinski definition) is 5. The first-order valence-electron chi connectivity index (χ1n) is 28.3. The molecule has 0 aromatic rings. The van der Waals surface area contributed by atoms with Crippen LogP contribution in [0.3, 0.4) is 0 Å². The van der Waals surface area contributed by atoms with Crippen LogP contribution in [0.4, 0.5) is 0 Å². The monoisotopic (exact) mass is 878 g/mol. The van der Waals surface area contributed by atoms with Crippen molar-refractivity contribution < 1.29 is 24.5 Å². The summed E-state index contributed by atoms with van der Waals surface area (Å²) in [5.41, 5.74) is 0. The van der Waals surface area contributed by atoms with E-state index in [1.807, 2.05) is 0 Å². The van der Waals surface area contributed by atoms with Crippen molar-refractivity contribution in [1.29, 1.82) is 0 Å². The highest BCUT2D eigenvalue weighted by molar-refractivity contribution is 5.76. The van der Waals surface area contributed by atoms with Crippen LogP contribution in [0.15, 0.2) is 0 Å². The average Bonchev–Trinajstić information content (AvgIpc) is 3.27. The molecule has 0 aromatic heterocycles. The Morgan fingerprint density at radius 2 is 0.661 bits per heavy atom. The van der Waals surface area contributed by atoms with E-state index in [0.717, 1.165) is 57.8 Å². The molecule has 0 aromatic carbocycles. The summed E-state index contributed by atoms with van der Waals surface area (Å²) in [6, 6.07) is -0.552. The molecule has 370 valence electrons. The van der Waals surface area contributed by atoms with Crippen molar-refractivity contribution in [2.45, 2.75) is 334 Å². The Bertz CT molecular complexity index is 882. The second kappa shape index (κ2) is 52.5. The molecule has 0 saturated carbocycles. The van der Waals surface area contributed by atoms with E-state index >= 15 is 0 Å². The smallest absolute Gasteiger partial charge is 0.305 e. The minimum absolute atomic E-state index is 0.00821. The zero-order valence-corrected chi connectivity index (χ0v) is 42.1. The first kappa shape index (κ1) is 60.9. The Kier molecular flexibility index (Phi) is 51.5. The molecule has 0 aliphatic carbocycles. The number of aliphatic hydroxyl groups excluding tert-OH is 2. The number of rotatable bonds is 53. The Balaban J connectivity index is 3.45. The summed E-state index contributed by atoms with van der Waals surface area (Å²) in [4.78, 5) is 24.5. The maximum absolute atomic E-state index is 12.5. The molecule has 6 heteroatoms. The van der Waals surface area contributed by atoms with Crippen LogP contribution in [-0.4, -0.2) is 47.4 Å². The van der Waals surface area contributed by atoms with Gasteiger partial charge < -0.3 is 20.3 Å². The van der Waals surface area contributed by atoms with E-state index in [-0.39, 0.29) is 18.5 Å². The van der Waals surface area contributed by atoms with Crippen molar-refractivity contribution in [1.82, 2.24) is 5.32 Å². The number of hydrogen-bond donors (Lipinski definition) is 3.